The van der Waals surface area contributed by atoms with Crippen molar-refractivity contribution in [2.75, 3.05) is 14.1 Å². The van der Waals surface area contributed by atoms with Gasteiger partial charge in [-0.05, 0) is 6.92 Å². The topological polar surface area (TPSA) is 15.6 Å². The predicted molar refractivity (Wildman–Crippen MR) is 37.0 cm³/mol. The summed E-state index contributed by atoms with van der Waals surface area (Å²) in [7, 11) is 3.92. The molecule has 0 saturated carbocycles. The van der Waals surface area contributed by atoms with Crippen LogP contribution < -0.4 is 0 Å². The third kappa shape index (κ3) is 5.21. The van der Waals surface area contributed by atoms with Gasteiger partial charge >= 0.3 is 0 Å². The van der Waals surface area contributed by atoms with E-state index in [1.54, 1.807) is 12.4 Å². The van der Waals surface area contributed by atoms with E-state index in [-0.39, 0.29) is 0 Å². The summed E-state index contributed by atoms with van der Waals surface area (Å²) in [6, 6.07) is 0. The summed E-state index contributed by atoms with van der Waals surface area (Å²) in [5.74, 6) is 0. The van der Waals surface area contributed by atoms with Gasteiger partial charge in [0.1, 0.15) is 0 Å². The van der Waals surface area contributed by atoms with Crippen LogP contribution in [0.2, 0.25) is 0 Å². The molecule has 0 aromatic heterocycles. The van der Waals surface area contributed by atoms with E-state index in [0.717, 1.165) is 0 Å². The van der Waals surface area contributed by atoms with Crippen molar-refractivity contribution in [3.8, 4) is 0 Å². The van der Waals surface area contributed by atoms with Crippen molar-refractivity contribution in [3.05, 3.63) is 12.4 Å². The number of aliphatic imine (C=N–C) groups is 1. The van der Waals surface area contributed by atoms with Gasteiger partial charge in [-0.3, -0.25) is 4.99 Å². The summed E-state index contributed by atoms with van der Waals surface area (Å²) in [4.78, 5) is 5.80. The maximum Gasteiger partial charge on any atom is 0.0422 e. The Morgan fingerprint density at radius 3 is 2.38 bits per heavy atom. The fraction of sp³-hybridized carbons (Fsp3) is 0.500. The molecule has 8 heavy (non-hydrogen) atoms. The van der Waals surface area contributed by atoms with Crippen LogP contribution in [0.5, 0.6) is 0 Å². The Morgan fingerprint density at radius 1 is 1.38 bits per heavy atom. The third-order valence-electron chi connectivity index (χ3n) is 0.600. The summed E-state index contributed by atoms with van der Waals surface area (Å²) < 4.78 is 0. The predicted octanol–water partition coefficient (Wildman–Crippen LogP) is 1.11. The zero-order valence-electron chi connectivity index (χ0n) is 5.63. The van der Waals surface area contributed by atoms with E-state index in [1.165, 1.54) is 0 Å². The smallest absolute Gasteiger partial charge is 0.0422 e. The standard InChI is InChI=1S/C6H12N2/c1-4-7-5-6-8(2)3/h4-6H,1-3H3/b6-5-,7-4+. The Hall–Kier alpha value is -0.790. The molecule has 2 nitrogen and oxygen atoms in total. The fourth-order valence-corrected chi connectivity index (χ4v) is 0.258. The number of hydrogen-bond acceptors (Lipinski definition) is 2. The van der Waals surface area contributed by atoms with Crippen LogP contribution >= 0.6 is 0 Å². The molecular formula is C6H12N2. The minimum Gasteiger partial charge on any atom is -0.382 e. The lowest BCUT2D eigenvalue weighted by molar-refractivity contribution is 0.562. The summed E-state index contributed by atoms with van der Waals surface area (Å²) in [5, 5.41) is 0. The first-order valence-electron chi connectivity index (χ1n) is 2.58. The van der Waals surface area contributed by atoms with Gasteiger partial charge in [0, 0.05) is 32.7 Å². The van der Waals surface area contributed by atoms with E-state index in [9.17, 15) is 0 Å². The van der Waals surface area contributed by atoms with Crippen LogP contribution in [0.3, 0.4) is 0 Å². The van der Waals surface area contributed by atoms with Gasteiger partial charge in [-0.15, -0.1) is 0 Å². The van der Waals surface area contributed by atoms with Gasteiger partial charge < -0.3 is 4.90 Å². The minimum absolute atomic E-state index is 1.75. The van der Waals surface area contributed by atoms with Crippen LogP contribution in [-0.4, -0.2) is 25.2 Å². The van der Waals surface area contributed by atoms with Gasteiger partial charge in [0.05, 0.1) is 0 Å². The molecule has 0 aliphatic carbocycles. The average molecular weight is 112 g/mol. The number of nitrogens with zero attached hydrogens (tertiary/aromatic N) is 2. The lowest BCUT2D eigenvalue weighted by Crippen LogP contribution is -1.99. The zero-order chi connectivity index (χ0) is 6.41. The molecule has 0 atom stereocenters. The molecule has 0 amide bonds. The van der Waals surface area contributed by atoms with Gasteiger partial charge in [-0.2, -0.15) is 0 Å². The summed E-state index contributed by atoms with van der Waals surface area (Å²) in [5.41, 5.74) is 0. The van der Waals surface area contributed by atoms with E-state index < -0.39 is 0 Å². The highest BCUT2D eigenvalue weighted by atomic mass is 15.0. The first kappa shape index (κ1) is 7.21. The van der Waals surface area contributed by atoms with Gasteiger partial charge in [0.15, 0.2) is 0 Å². The van der Waals surface area contributed by atoms with Crippen molar-refractivity contribution < 1.29 is 0 Å². The maximum absolute atomic E-state index is 3.86. The van der Waals surface area contributed by atoms with Crippen molar-refractivity contribution in [2.24, 2.45) is 4.99 Å². The van der Waals surface area contributed by atoms with Crippen LogP contribution in [0.4, 0.5) is 0 Å². The van der Waals surface area contributed by atoms with E-state index in [0.29, 0.717) is 0 Å². The molecule has 0 aromatic carbocycles. The first-order chi connectivity index (χ1) is 3.77. The third-order valence-corrected chi connectivity index (χ3v) is 0.600. The molecule has 0 aliphatic heterocycles. The molecule has 2 heteroatoms. The largest absolute Gasteiger partial charge is 0.382 e. The van der Waals surface area contributed by atoms with Crippen LogP contribution in [-0.2, 0) is 0 Å². The fourth-order valence-electron chi connectivity index (χ4n) is 0.258. The van der Waals surface area contributed by atoms with Crippen molar-refractivity contribution in [3.63, 3.8) is 0 Å². The van der Waals surface area contributed by atoms with Crippen molar-refractivity contribution in [1.29, 1.82) is 0 Å². The zero-order valence-corrected chi connectivity index (χ0v) is 5.63. The quantitative estimate of drug-likeness (QED) is 0.488. The van der Waals surface area contributed by atoms with Crippen LogP contribution in [0.25, 0.3) is 0 Å². The summed E-state index contributed by atoms with van der Waals surface area (Å²) in [6.45, 7) is 1.89. The van der Waals surface area contributed by atoms with Crippen molar-refractivity contribution in [1.82, 2.24) is 4.90 Å². The summed E-state index contributed by atoms with van der Waals surface area (Å²) >= 11 is 0. The van der Waals surface area contributed by atoms with E-state index >= 15 is 0 Å². The van der Waals surface area contributed by atoms with Crippen LogP contribution in [0.1, 0.15) is 6.92 Å². The molecule has 0 bridgehead atoms. The van der Waals surface area contributed by atoms with Crippen molar-refractivity contribution in [2.45, 2.75) is 6.92 Å². The van der Waals surface area contributed by atoms with Crippen molar-refractivity contribution >= 4 is 6.21 Å². The van der Waals surface area contributed by atoms with E-state index in [1.807, 2.05) is 32.1 Å². The lowest BCUT2D eigenvalue weighted by atomic mass is 10.8. The Morgan fingerprint density at radius 2 is 2.00 bits per heavy atom. The molecule has 0 unspecified atom stereocenters. The SMILES string of the molecule is C/C=N/C=C\N(C)C. The molecule has 0 N–H and O–H groups in total. The van der Waals surface area contributed by atoms with Gasteiger partial charge in [0.25, 0.3) is 0 Å². The molecule has 0 heterocycles. The van der Waals surface area contributed by atoms with E-state index in [2.05, 4.69) is 4.99 Å². The van der Waals surface area contributed by atoms with Gasteiger partial charge in [0.2, 0.25) is 0 Å². The molecular weight excluding hydrogens is 100 g/mol. The molecule has 46 valence electrons. The monoisotopic (exact) mass is 112 g/mol. The molecule has 0 fully saturated rings. The molecule has 0 rings (SSSR count). The van der Waals surface area contributed by atoms with Gasteiger partial charge in [-0.1, -0.05) is 0 Å². The Labute approximate surface area is 50.5 Å². The Bertz CT molecular complexity index is 92.7. The minimum atomic E-state index is 1.75. The Kier molecular flexibility index (Phi) is 3.94. The number of hydrogen-bond donors (Lipinski definition) is 0. The molecule has 0 spiro atoms. The second-order valence-corrected chi connectivity index (χ2v) is 1.67. The normalized spacial score (nSPS) is 11.4. The second kappa shape index (κ2) is 4.37. The highest BCUT2D eigenvalue weighted by Gasteiger charge is 1.69. The first-order valence-corrected chi connectivity index (χ1v) is 2.58. The average Bonchev–Trinajstić information content (AvgIpc) is 1.66. The molecule has 0 radical (unpaired) electrons. The number of rotatable bonds is 2. The van der Waals surface area contributed by atoms with E-state index in [4.69, 9.17) is 0 Å². The highest BCUT2D eigenvalue weighted by Crippen LogP contribution is 1.76. The molecule has 0 aromatic rings. The second-order valence-electron chi connectivity index (χ2n) is 1.67. The molecule has 0 aliphatic rings. The van der Waals surface area contributed by atoms with Crippen LogP contribution in [0.15, 0.2) is 17.4 Å². The lowest BCUT2D eigenvalue weighted by Gasteiger charge is -1.99. The van der Waals surface area contributed by atoms with Gasteiger partial charge in [-0.25, -0.2) is 0 Å². The summed E-state index contributed by atoms with van der Waals surface area (Å²) in [6.07, 6.45) is 5.39. The Balaban J connectivity index is 3.34. The maximum atomic E-state index is 3.86. The highest BCUT2D eigenvalue weighted by molar-refractivity contribution is 5.54. The van der Waals surface area contributed by atoms with Crippen LogP contribution in [0, 0.1) is 0 Å². The molecule has 0 saturated heterocycles.